The Balaban J connectivity index is 1.70. The molecule has 34 heavy (non-hydrogen) atoms. The van der Waals surface area contributed by atoms with E-state index >= 15 is 0 Å². The van der Waals surface area contributed by atoms with Gasteiger partial charge in [0.1, 0.15) is 12.4 Å². The molecule has 1 N–H and O–H groups in total. The Bertz CT molecular complexity index is 1310. The molecule has 9 heteroatoms. The molecule has 176 valence electrons. The van der Waals surface area contributed by atoms with Crippen LogP contribution in [0.3, 0.4) is 0 Å². The molecule has 1 atom stereocenters. The molecule has 0 saturated carbocycles. The zero-order chi connectivity index (χ0) is 24.2. The van der Waals surface area contributed by atoms with Crippen LogP contribution in [0.15, 0.2) is 65.1 Å². The number of carbonyl (C=O) groups excluding carboxylic acids is 1. The third-order valence-electron chi connectivity index (χ3n) is 5.56. The lowest BCUT2D eigenvalue weighted by atomic mass is 9.86. The largest absolute Gasteiger partial charge is 0.493 e. The minimum Gasteiger partial charge on any atom is -0.493 e. The number of ether oxygens (including phenoxy) is 2. The second-order valence-corrected chi connectivity index (χ2v) is 9.07. The number of hydrogen-bond acceptors (Lipinski definition) is 6. The fraction of sp³-hybridized carbons (Fsp3) is 0.240. The van der Waals surface area contributed by atoms with Gasteiger partial charge in [-0.05, 0) is 29.3 Å². The van der Waals surface area contributed by atoms with Crippen molar-refractivity contribution in [1.29, 1.82) is 0 Å². The average molecular weight is 498 g/mol. The van der Waals surface area contributed by atoms with Gasteiger partial charge in [-0.25, -0.2) is 0 Å². The van der Waals surface area contributed by atoms with Gasteiger partial charge in [-0.1, -0.05) is 60.3 Å². The average Bonchev–Trinajstić information content (AvgIpc) is 2.84. The molecule has 3 aromatic rings. The number of carbonyl (C=O) groups is 1. The number of methoxy groups -OCH3 is 1. The van der Waals surface area contributed by atoms with Gasteiger partial charge in [-0.15, -0.1) is 0 Å². The maximum absolute atomic E-state index is 13.2. The van der Waals surface area contributed by atoms with Crippen LogP contribution in [0.4, 0.5) is 5.82 Å². The van der Waals surface area contributed by atoms with E-state index in [4.69, 9.17) is 21.1 Å². The van der Waals surface area contributed by atoms with Crippen molar-refractivity contribution >= 4 is 35.1 Å². The van der Waals surface area contributed by atoms with Crippen molar-refractivity contribution in [3.05, 3.63) is 87.2 Å². The molecule has 1 aromatic heterocycles. The van der Waals surface area contributed by atoms with E-state index in [0.29, 0.717) is 45.4 Å². The highest BCUT2D eigenvalue weighted by molar-refractivity contribution is 7.98. The Morgan fingerprint density at radius 1 is 1.26 bits per heavy atom. The lowest BCUT2D eigenvalue weighted by molar-refractivity contribution is -0.116. The van der Waals surface area contributed by atoms with Crippen molar-refractivity contribution in [2.75, 3.05) is 19.0 Å². The van der Waals surface area contributed by atoms with Crippen LogP contribution in [0.2, 0.25) is 5.02 Å². The van der Waals surface area contributed by atoms with Crippen molar-refractivity contribution in [3.63, 3.8) is 0 Å². The number of nitrogens with one attached hydrogen (secondary N) is 1. The summed E-state index contributed by atoms with van der Waals surface area (Å²) in [5.41, 5.74) is 1.79. The smallest absolute Gasteiger partial charge is 0.279 e. The number of halogens is 1. The lowest BCUT2D eigenvalue weighted by Crippen LogP contribution is -2.33. The first-order valence-corrected chi connectivity index (χ1v) is 12.0. The highest BCUT2D eigenvalue weighted by Crippen LogP contribution is 2.39. The van der Waals surface area contributed by atoms with Gasteiger partial charge >= 0.3 is 0 Å². The van der Waals surface area contributed by atoms with Gasteiger partial charge in [-0.2, -0.15) is 4.98 Å². The van der Waals surface area contributed by atoms with Crippen LogP contribution >= 0.6 is 23.4 Å². The molecular formula is C25H24ClN3O4S. The van der Waals surface area contributed by atoms with E-state index in [0.717, 1.165) is 11.1 Å². The molecule has 4 rings (SSSR count). The third-order valence-corrected chi connectivity index (χ3v) is 7.01. The SMILES string of the molecule is C=CCOc1ccc([C@H]2CC(=O)Nc3c2c(=O)nc(SCc2ccccc2Cl)n3C)cc1OC. The van der Waals surface area contributed by atoms with Gasteiger partial charge in [0.25, 0.3) is 5.56 Å². The molecule has 0 bridgehead atoms. The topological polar surface area (TPSA) is 82.5 Å². The van der Waals surface area contributed by atoms with Crippen LogP contribution in [0, 0.1) is 0 Å². The van der Waals surface area contributed by atoms with Gasteiger partial charge in [-0.3, -0.25) is 9.59 Å². The highest BCUT2D eigenvalue weighted by atomic mass is 35.5. The van der Waals surface area contributed by atoms with Gasteiger partial charge in [0, 0.05) is 30.2 Å². The third kappa shape index (κ3) is 4.83. The second-order valence-electron chi connectivity index (χ2n) is 7.72. The second kappa shape index (κ2) is 10.4. The molecule has 0 spiro atoms. The number of fused-ring (bicyclic) bond motifs is 1. The van der Waals surface area contributed by atoms with Gasteiger partial charge in [0.05, 0.1) is 12.7 Å². The molecule has 0 radical (unpaired) electrons. The van der Waals surface area contributed by atoms with Crippen molar-refractivity contribution < 1.29 is 14.3 Å². The summed E-state index contributed by atoms with van der Waals surface area (Å²) < 4.78 is 12.9. The maximum atomic E-state index is 13.2. The fourth-order valence-electron chi connectivity index (χ4n) is 3.88. The summed E-state index contributed by atoms with van der Waals surface area (Å²) in [6.07, 6.45) is 1.78. The van der Waals surface area contributed by atoms with Crippen LogP contribution in [-0.2, 0) is 17.6 Å². The van der Waals surface area contributed by atoms with Crippen molar-refractivity contribution in [1.82, 2.24) is 9.55 Å². The Morgan fingerprint density at radius 2 is 2.06 bits per heavy atom. The normalized spacial score (nSPS) is 14.8. The predicted octanol–water partition coefficient (Wildman–Crippen LogP) is 4.77. The van der Waals surface area contributed by atoms with E-state index in [9.17, 15) is 9.59 Å². The molecule has 1 amide bonds. The van der Waals surface area contributed by atoms with Crippen molar-refractivity contribution in [3.8, 4) is 11.5 Å². The van der Waals surface area contributed by atoms with Gasteiger partial charge < -0.3 is 19.4 Å². The van der Waals surface area contributed by atoms with Crippen molar-refractivity contribution in [2.45, 2.75) is 23.2 Å². The summed E-state index contributed by atoms with van der Waals surface area (Å²) in [7, 11) is 3.33. The number of amides is 1. The monoisotopic (exact) mass is 497 g/mol. The predicted molar refractivity (Wildman–Crippen MR) is 134 cm³/mol. The standard InChI is InChI=1S/C25H24ClN3O4S/c1-4-11-33-19-10-9-15(12-20(19)32-3)17-13-21(30)27-23-22(17)24(31)28-25(29(23)2)34-14-16-7-5-6-8-18(16)26/h4-10,12,17H,1,11,13-14H2,2-3H3,(H,27,30)/t17-/m1/s1. The summed E-state index contributed by atoms with van der Waals surface area (Å²) in [6.45, 7) is 3.99. The first-order valence-electron chi connectivity index (χ1n) is 10.6. The van der Waals surface area contributed by atoms with Crippen LogP contribution in [0.25, 0.3) is 0 Å². The van der Waals surface area contributed by atoms with Crippen molar-refractivity contribution in [2.24, 2.45) is 7.05 Å². The number of nitrogens with zero attached hydrogens (tertiary/aromatic N) is 2. The number of anilines is 1. The first-order chi connectivity index (χ1) is 16.4. The highest BCUT2D eigenvalue weighted by Gasteiger charge is 2.32. The molecule has 0 fully saturated rings. The molecule has 2 aromatic carbocycles. The molecule has 0 saturated heterocycles. The molecule has 2 heterocycles. The Hall–Kier alpha value is -3.23. The lowest BCUT2D eigenvalue weighted by Gasteiger charge is -2.28. The van der Waals surface area contributed by atoms with Gasteiger partial charge in [0.2, 0.25) is 5.91 Å². The minimum absolute atomic E-state index is 0.131. The van der Waals surface area contributed by atoms with Crippen LogP contribution < -0.4 is 20.3 Å². The summed E-state index contributed by atoms with van der Waals surface area (Å²) in [5, 5.41) is 4.01. The van der Waals surface area contributed by atoms with E-state index < -0.39 is 5.92 Å². The van der Waals surface area contributed by atoms with Crippen LogP contribution in [0.5, 0.6) is 11.5 Å². The molecular weight excluding hydrogens is 474 g/mol. The zero-order valence-corrected chi connectivity index (χ0v) is 20.4. The first kappa shape index (κ1) is 23.9. The Morgan fingerprint density at radius 3 is 2.79 bits per heavy atom. The van der Waals surface area contributed by atoms with E-state index in [-0.39, 0.29) is 17.9 Å². The number of aromatic nitrogens is 2. The number of benzene rings is 2. The number of rotatable bonds is 8. The Labute approximate surface area is 206 Å². The molecule has 7 nitrogen and oxygen atoms in total. The van der Waals surface area contributed by atoms with E-state index in [1.807, 2.05) is 30.3 Å². The zero-order valence-electron chi connectivity index (χ0n) is 18.8. The van der Waals surface area contributed by atoms with E-state index in [1.165, 1.54) is 11.8 Å². The summed E-state index contributed by atoms with van der Waals surface area (Å²) >= 11 is 7.65. The summed E-state index contributed by atoms with van der Waals surface area (Å²) in [4.78, 5) is 30.2. The number of hydrogen-bond donors (Lipinski definition) is 1. The molecule has 0 unspecified atom stereocenters. The van der Waals surface area contributed by atoms with Crippen LogP contribution in [-0.4, -0.2) is 29.2 Å². The van der Waals surface area contributed by atoms with Crippen LogP contribution in [0.1, 0.15) is 29.0 Å². The fourth-order valence-corrected chi connectivity index (χ4v) is 5.13. The maximum Gasteiger partial charge on any atom is 0.279 e. The quantitative estimate of drug-likeness (QED) is 0.274. The summed E-state index contributed by atoms with van der Waals surface area (Å²) in [5.74, 6) is 1.44. The van der Waals surface area contributed by atoms with Gasteiger partial charge in [0.15, 0.2) is 16.7 Å². The number of thioether (sulfide) groups is 1. The Kier molecular flexibility index (Phi) is 7.29. The summed E-state index contributed by atoms with van der Waals surface area (Å²) in [6, 6.07) is 12.9. The molecule has 1 aliphatic rings. The molecule has 1 aliphatic heterocycles. The minimum atomic E-state index is -0.458. The van der Waals surface area contributed by atoms with E-state index in [2.05, 4.69) is 16.9 Å². The molecule has 0 aliphatic carbocycles. The van der Waals surface area contributed by atoms with E-state index in [1.54, 1.807) is 36.9 Å².